The van der Waals surface area contributed by atoms with Gasteiger partial charge in [0, 0.05) is 31.7 Å². The zero-order valence-corrected chi connectivity index (χ0v) is 15.8. The van der Waals surface area contributed by atoms with Crippen molar-refractivity contribution in [1.82, 2.24) is 4.98 Å². The van der Waals surface area contributed by atoms with Gasteiger partial charge in [0.25, 0.3) is 0 Å². The van der Waals surface area contributed by atoms with E-state index in [1.807, 2.05) is 30.5 Å². The van der Waals surface area contributed by atoms with Crippen LogP contribution in [0.3, 0.4) is 0 Å². The van der Waals surface area contributed by atoms with Crippen LogP contribution in [0.15, 0.2) is 85.1 Å². The molecular weight excluding hydrogens is 482 g/mol. The number of rotatable bonds is 1. The number of hydrogen-bond acceptors (Lipinski definition) is 1. The van der Waals surface area contributed by atoms with Gasteiger partial charge in [-0.1, -0.05) is 54.6 Å². The second-order valence-electron chi connectivity index (χ2n) is 6.01. The number of pyridine rings is 1. The van der Waals surface area contributed by atoms with Gasteiger partial charge in [0.2, 0.25) is 0 Å². The summed E-state index contributed by atoms with van der Waals surface area (Å²) in [5, 5.41) is 7.49. The Balaban J connectivity index is 0.00000157. The van der Waals surface area contributed by atoms with Crippen LogP contribution in [-0.4, -0.2) is 4.98 Å². The molecule has 2 heteroatoms. The van der Waals surface area contributed by atoms with Gasteiger partial charge in [-0.3, -0.25) is 0 Å². The second-order valence-corrected chi connectivity index (χ2v) is 6.01. The summed E-state index contributed by atoms with van der Waals surface area (Å²) in [6.45, 7) is 0. The standard InChI is InChI=1S/C23H14N.Ir/c1-2-7-17(8-3-1)23-14-18-11-13-20-19-9-5-4-6-16(19)10-12-21(20)22(18)15-24-23;/h1-7,9-15H;/q-1;. The van der Waals surface area contributed by atoms with Crippen LogP contribution in [0.25, 0.3) is 43.6 Å². The monoisotopic (exact) mass is 497 g/mol. The average molecular weight is 497 g/mol. The molecule has 0 aliphatic heterocycles. The first-order valence-corrected chi connectivity index (χ1v) is 8.07. The minimum Gasteiger partial charge on any atom is -0.304 e. The Hall–Kier alpha value is -2.54. The van der Waals surface area contributed by atoms with Gasteiger partial charge in [0.05, 0.1) is 0 Å². The van der Waals surface area contributed by atoms with Crippen LogP contribution < -0.4 is 0 Å². The normalized spacial score (nSPS) is 10.9. The zero-order chi connectivity index (χ0) is 15.9. The number of nitrogens with zero attached hydrogens (tertiary/aromatic N) is 1. The first-order valence-electron chi connectivity index (χ1n) is 8.07. The quantitative estimate of drug-likeness (QED) is 0.205. The van der Waals surface area contributed by atoms with E-state index in [0.717, 1.165) is 11.3 Å². The smallest absolute Gasteiger partial charge is 0.0245 e. The molecule has 0 amide bonds. The maximum atomic E-state index is 4.68. The fourth-order valence-electron chi connectivity index (χ4n) is 3.42. The summed E-state index contributed by atoms with van der Waals surface area (Å²) >= 11 is 0. The second kappa shape index (κ2) is 6.40. The first kappa shape index (κ1) is 16.0. The van der Waals surface area contributed by atoms with Gasteiger partial charge in [-0.15, -0.1) is 35.9 Å². The molecule has 0 unspecified atom stereocenters. The molecule has 5 aromatic rings. The van der Waals surface area contributed by atoms with Gasteiger partial charge in [0.15, 0.2) is 0 Å². The van der Waals surface area contributed by atoms with Crippen LogP contribution in [-0.2, 0) is 20.1 Å². The van der Waals surface area contributed by atoms with Crippen LogP contribution in [0.5, 0.6) is 0 Å². The minimum atomic E-state index is 0. The van der Waals surface area contributed by atoms with Crippen molar-refractivity contribution in [3.8, 4) is 11.3 Å². The number of aromatic nitrogens is 1. The van der Waals surface area contributed by atoms with E-state index in [1.54, 1.807) is 0 Å². The van der Waals surface area contributed by atoms with Gasteiger partial charge in [-0.25, -0.2) is 0 Å². The molecule has 0 fully saturated rings. The summed E-state index contributed by atoms with van der Waals surface area (Å²) in [6.07, 6.45) is 1.99. The molecule has 0 saturated carbocycles. The van der Waals surface area contributed by atoms with Gasteiger partial charge in [-0.05, 0) is 32.6 Å². The first-order chi connectivity index (χ1) is 11.9. The molecule has 4 aromatic carbocycles. The van der Waals surface area contributed by atoms with Crippen molar-refractivity contribution >= 4 is 32.3 Å². The topological polar surface area (TPSA) is 12.9 Å². The van der Waals surface area contributed by atoms with E-state index in [2.05, 4.69) is 65.6 Å². The largest absolute Gasteiger partial charge is 0.304 e. The average Bonchev–Trinajstić information content (AvgIpc) is 2.67. The van der Waals surface area contributed by atoms with Crippen molar-refractivity contribution in [2.75, 3.05) is 0 Å². The molecule has 0 saturated heterocycles. The van der Waals surface area contributed by atoms with E-state index in [0.29, 0.717) is 0 Å². The molecule has 0 aliphatic carbocycles. The van der Waals surface area contributed by atoms with Gasteiger partial charge in [-0.2, -0.15) is 0 Å². The SMILES string of the molecule is [Ir].[c-]1ccccc1-c1cc2ccc3c4ccccc4ccc3c2cn1. The van der Waals surface area contributed by atoms with Crippen molar-refractivity contribution in [1.29, 1.82) is 0 Å². The number of fused-ring (bicyclic) bond motifs is 5. The van der Waals surface area contributed by atoms with E-state index in [-0.39, 0.29) is 20.1 Å². The van der Waals surface area contributed by atoms with Crippen molar-refractivity contribution < 1.29 is 20.1 Å². The molecule has 1 nitrogen and oxygen atoms in total. The van der Waals surface area contributed by atoms with Crippen molar-refractivity contribution in [3.63, 3.8) is 0 Å². The minimum absolute atomic E-state index is 0. The van der Waals surface area contributed by atoms with Gasteiger partial charge < -0.3 is 4.98 Å². The van der Waals surface area contributed by atoms with E-state index >= 15 is 0 Å². The maximum Gasteiger partial charge on any atom is 0.0245 e. The molecule has 0 spiro atoms. The summed E-state index contributed by atoms with van der Waals surface area (Å²) in [4.78, 5) is 4.68. The third-order valence-electron chi connectivity index (χ3n) is 4.61. The molecular formula is C23H14IrN-. The molecule has 1 heterocycles. The third-order valence-corrected chi connectivity index (χ3v) is 4.61. The van der Waals surface area contributed by atoms with Crippen molar-refractivity contribution in [3.05, 3.63) is 91.1 Å². The molecule has 0 aliphatic rings. The van der Waals surface area contributed by atoms with Crippen LogP contribution in [0, 0.1) is 6.07 Å². The van der Waals surface area contributed by atoms with Crippen LogP contribution in [0.4, 0.5) is 0 Å². The van der Waals surface area contributed by atoms with Crippen LogP contribution in [0.2, 0.25) is 0 Å². The molecule has 1 radical (unpaired) electrons. The van der Waals surface area contributed by atoms with Gasteiger partial charge in [0.1, 0.15) is 0 Å². The number of benzene rings is 4. The Morgan fingerprint density at radius 2 is 1.40 bits per heavy atom. The molecule has 5 rings (SSSR count). The predicted molar refractivity (Wildman–Crippen MR) is 101 cm³/mol. The van der Waals surface area contributed by atoms with Crippen LogP contribution in [0.1, 0.15) is 0 Å². The fourth-order valence-corrected chi connectivity index (χ4v) is 3.42. The van der Waals surface area contributed by atoms with Gasteiger partial charge >= 0.3 is 0 Å². The summed E-state index contributed by atoms with van der Waals surface area (Å²) in [6, 6.07) is 30.7. The Morgan fingerprint density at radius 3 is 2.24 bits per heavy atom. The molecule has 121 valence electrons. The number of hydrogen-bond donors (Lipinski definition) is 0. The van der Waals surface area contributed by atoms with Crippen LogP contribution >= 0.6 is 0 Å². The summed E-state index contributed by atoms with van der Waals surface area (Å²) < 4.78 is 0. The maximum absolute atomic E-state index is 4.68. The van der Waals surface area contributed by atoms with Crippen molar-refractivity contribution in [2.45, 2.75) is 0 Å². The Labute approximate surface area is 159 Å². The van der Waals surface area contributed by atoms with E-state index in [9.17, 15) is 0 Å². The molecule has 25 heavy (non-hydrogen) atoms. The molecule has 0 N–H and O–H groups in total. The molecule has 0 bridgehead atoms. The third kappa shape index (κ3) is 2.64. The molecule has 1 aromatic heterocycles. The van der Waals surface area contributed by atoms with E-state index < -0.39 is 0 Å². The zero-order valence-electron chi connectivity index (χ0n) is 13.4. The van der Waals surface area contributed by atoms with E-state index in [4.69, 9.17) is 0 Å². The Kier molecular flexibility index (Phi) is 4.09. The van der Waals surface area contributed by atoms with Crippen molar-refractivity contribution in [2.24, 2.45) is 0 Å². The summed E-state index contributed by atoms with van der Waals surface area (Å²) in [5.41, 5.74) is 1.99. The van der Waals surface area contributed by atoms with E-state index in [1.165, 1.54) is 32.3 Å². The Bertz CT molecular complexity index is 1200. The summed E-state index contributed by atoms with van der Waals surface area (Å²) in [5.74, 6) is 0. The fraction of sp³-hybridized carbons (Fsp3) is 0. The molecule has 0 atom stereocenters. The Morgan fingerprint density at radius 1 is 0.640 bits per heavy atom. The summed E-state index contributed by atoms with van der Waals surface area (Å²) in [7, 11) is 0. The predicted octanol–water partition coefficient (Wildman–Crippen LogP) is 6.01.